The van der Waals surface area contributed by atoms with Gasteiger partial charge in [-0.1, -0.05) is 25.5 Å². The van der Waals surface area contributed by atoms with E-state index < -0.39 is 0 Å². The molecule has 0 spiro atoms. The molecule has 1 heterocycles. The zero-order valence-electron chi connectivity index (χ0n) is 14.4. The molecule has 0 saturated heterocycles. The molecule has 0 amide bonds. The summed E-state index contributed by atoms with van der Waals surface area (Å²) in [5.41, 5.74) is 9.21. The number of rotatable bonds is 7. The first-order valence-corrected chi connectivity index (χ1v) is 8.06. The van der Waals surface area contributed by atoms with Gasteiger partial charge in [0.25, 0.3) is 0 Å². The van der Waals surface area contributed by atoms with E-state index in [1.807, 2.05) is 31.2 Å². The standard InChI is InChI=1S/C18H26N4O/c1-5-6-12(2)20-18-21-13(3)16(17(19)22-18)11-14-7-9-15(23-4)10-8-14/h7-10,12H,5-6,11H2,1-4H3,(H3,19,20,21,22). The van der Waals surface area contributed by atoms with Crippen LogP contribution in [0.1, 0.15) is 43.5 Å². The van der Waals surface area contributed by atoms with Crippen LogP contribution >= 0.6 is 0 Å². The van der Waals surface area contributed by atoms with Crippen LogP contribution in [-0.2, 0) is 6.42 Å². The van der Waals surface area contributed by atoms with Gasteiger partial charge in [0.15, 0.2) is 0 Å². The zero-order chi connectivity index (χ0) is 16.8. The van der Waals surface area contributed by atoms with Crippen molar-refractivity contribution in [2.75, 3.05) is 18.2 Å². The number of aromatic nitrogens is 2. The lowest BCUT2D eigenvalue weighted by atomic mass is 10.0. The van der Waals surface area contributed by atoms with E-state index in [0.29, 0.717) is 24.2 Å². The maximum Gasteiger partial charge on any atom is 0.225 e. The van der Waals surface area contributed by atoms with Crippen LogP contribution < -0.4 is 15.8 Å². The van der Waals surface area contributed by atoms with Crippen LogP contribution in [0, 0.1) is 6.92 Å². The van der Waals surface area contributed by atoms with Gasteiger partial charge < -0.3 is 15.8 Å². The van der Waals surface area contributed by atoms with E-state index >= 15 is 0 Å². The number of hydrogen-bond acceptors (Lipinski definition) is 5. The van der Waals surface area contributed by atoms with Gasteiger partial charge in [-0.05, 0) is 38.0 Å². The highest BCUT2D eigenvalue weighted by Gasteiger charge is 2.11. The van der Waals surface area contributed by atoms with Crippen molar-refractivity contribution in [2.45, 2.75) is 46.1 Å². The second-order valence-electron chi connectivity index (χ2n) is 5.86. The number of anilines is 2. The summed E-state index contributed by atoms with van der Waals surface area (Å²) in [6, 6.07) is 8.31. The summed E-state index contributed by atoms with van der Waals surface area (Å²) in [6.45, 7) is 6.27. The molecule has 0 aliphatic heterocycles. The molecule has 1 aromatic carbocycles. The van der Waals surface area contributed by atoms with E-state index in [0.717, 1.165) is 35.4 Å². The molecular weight excluding hydrogens is 288 g/mol. The Morgan fingerprint density at radius 1 is 1.22 bits per heavy atom. The van der Waals surface area contributed by atoms with Crippen molar-refractivity contribution in [3.63, 3.8) is 0 Å². The highest BCUT2D eigenvalue weighted by molar-refractivity contribution is 5.49. The number of nitrogens with one attached hydrogen (secondary N) is 1. The molecule has 2 rings (SSSR count). The van der Waals surface area contributed by atoms with Crippen molar-refractivity contribution < 1.29 is 4.74 Å². The normalized spacial score (nSPS) is 12.0. The molecule has 1 aromatic heterocycles. The number of nitrogens with zero attached hydrogens (tertiary/aromatic N) is 2. The Morgan fingerprint density at radius 3 is 2.48 bits per heavy atom. The first kappa shape index (κ1) is 17.1. The van der Waals surface area contributed by atoms with Crippen molar-refractivity contribution in [2.24, 2.45) is 0 Å². The third-order valence-electron chi connectivity index (χ3n) is 3.88. The molecule has 0 aliphatic carbocycles. The Kier molecular flexibility index (Phi) is 5.79. The lowest BCUT2D eigenvalue weighted by molar-refractivity contribution is 0.414. The SMILES string of the molecule is CCCC(C)Nc1nc(C)c(Cc2ccc(OC)cc2)c(N)n1. The molecule has 2 aromatic rings. The number of aryl methyl sites for hydroxylation is 1. The third kappa shape index (κ3) is 4.58. The molecule has 1 unspecified atom stereocenters. The molecule has 3 N–H and O–H groups in total. The Bertz CT molecular complexity index is 617. The number of benzene rings is 1. The first-order valence-electron chi connectivity index (χ1n) is 8.06. The molecule has 23 heavy (non-hydrogen) atoms. The van der Waals surface area contributed by atoms with Crippen LogP contribution in [0.5, 0.6) is 5.75 Å². The predicted octanol–water partition coefficient (Wildman–Crippen LogP) is 3.57. The summed E-state index contributed by atoms with van der Waals surface area (Å²) in [5, 5.41) is 3.31. The van der Waals surface area contributed by atoms with Crippen LogP contribution in [0.2, 0.25) is 0 Å². The average molecular weight is 314 g/mol. The van der Waals surface area contributed by atoms with E-state index in [1.165, 1.54) is 0 Å². The van der Waals surface area contributed by atoms with E-state index in [2.05, 4.69) is 29.1 Å². The maximum absolute atomic E-state index is 6.16. The van der Waals surface area contributed by atoms with Gasteiger partial charge in [0.1, 0.15) is 11.6 Å². The largest absolute Gasteiger partial charge is 0.497 e. The maximum atomic E-state index is 6.16. The van der Waals surface area contributed by atoms with Crippen molar-refractivity contribution in [3.8, 4) is 5.75 Å². The molecule has 0 bridgehead atoms. The zero-order valence-corrected chi connectivity index (χ0v) is 14.4. The summed E-state index contributed by atoms with van der Waals surface area (Å²) < 4.78 is 5.18. The second kappa shape index (κ2) is 7.81. The summed E-state index contributed by atoms with van der Waals surface area (Å²) in [7, 11) is 1.66. The fraction of sp³-hybridized carbons (Fsp3) is 0.444. The highest BCUT2D eigenvalue weighted by Crippen LogP contribution is 2.21. The fourth-order valence-electron chi connectivity index (χ4n) is 2.57. The molecule has 124 valence electrons. The summed E-state index contributed by atoms with van der Waals surface area (Å²) in [4.78, 5) is 8.98. The number of nitrogens with two attached hydrogens (primary N) is 1. The topological polar surface area (TPSA) is 73.1 Å². The fourth-order valence-corrected chi connectivity index (χ4v) is 2.57. The van der Waals surface area contributed by atoms with Crippen LogP contribution in [0.3, 0.4) is 0 Å². The molecular formula is C18H26N4O. The smallest absolute Gasteiger partial charge is 0.225 e. The molecule has 1 atom stereocenters. The lowest BCUT2D eigenvalue weighted by Gasteiger charge is -2.15. The Hall–Kier alpha value is -2.30. The Labute approximate surface area is 138 Å². The molecule has 5 nitrogen and oxygen atoms in total. The van der Waals surface area contributed by atoms with Gasteiger partial charge in [0, 0.05) is 23.7 Å². The van der Waals surface area contributed by atoms with Crippen molar-refractivity contribution in [1.29, 1.82) is 0 Å². The van der Waals surface area contributed by atoms with Gasteiger partial charge in [0.05, 0.1) is 7.11 Å². The van der Waals surface area contributed by atoms with E-state index in [-0.39, 0.29) is 0 Å². The monoisotopic (exact) mass is 314 g/mol. The van der Waals surface area contributed by atoms with Gasteiger partial charge in [-0.25, -0.2) is 4.98 Å². The van der Waals surface area contributed by atoms with Gasteiger partial charge >= 0.3 is 0 Å². The minimum Gasteiger partial charge on any atom is -0.497 e. The van der Waals surface area contributed by atoms with Crippen LogP contribution in [0.4, 0.5) is 11.8 Å². The molecule has 5 heteroatoms. The average Bonchev–Trinajstić information content (AvgIpc) is 2.52. The summed E-state index contributed by atoms with van der Waals surface area (Å²) in [6.07, 6.45) is 2.92. The minimum absolute atomic E-state index is 0.339. The number of ether oxygens (including phenoxy) is 1. The summed E-state index contributed by atoms with van der Waals surface area (Å²) >= 11 is 0. The Balaban J connectivity index is 2.16. The molecule has 0 radical (unpaired) electrons. The lowest BCUT2D eigenvalue weighted by Crippen LogP contribution is -2.18. The van der Waals surface area contributed by atoms with E-state index in [1.54, 1.807) is 7.11 Å². The molecule has 0 saturated carbocycles. The molecule has 0 fully saturated rings. The number of hydrogen-bond donors (Lipinski definition) is 2. The second-order valence-corrected chi connectivity index (χ2v) is 5.86. The van der Waals surface area contributed by atoms with Gasteiger partial charge in [-0.3, -0.25) is 0 Å². The van der Waals surface area contributed by atoms with Gasteiger partial charge in [0.2, 0.25) is 5.95 Å². The van der Waals surface area contributed by atoms with Crippen LogP contribution in [-0.4, -0.2) is 23.1 Å². The minimum atomic E-state index is 0.339. The number of methoxy groups -OCH3 is 1. The highest BCUT2D eigenvalue weighted by atomic mass is 16.5. The van der Waals surface area contributed by atoms with Gasteiger partial charge in [-0.2, -0.15) is 4.98 Å². The molecule has 0 aliphatic rings. The van der Waals surface area contributed by atoms with Crippen molar-refractivity contribution in [1.82, 2.24) is 9.97 Å². The third-order valence-corrected chi connectivity index (χ3v) is 3.88. The van der Waals surface area contributed by atoms with E-state index in [9.17, 15) is 0 Å². The van der Waals surface area contributed by atoms with Crippen LogP contribution in [0.25, 0.3) is 0 Å². The van der Waals surface area contributed by atoms with E-state index in [4.69, 9.17) is 10.5 Å². The summed E-state index contributed by atoms with van der Waals surface area (Å²) in [5.74, 6) is 2.00. The first-order chi connectivity index (χ1) is 11.0. The number of nitrogen functional groups attached to an aromatic ring is 1. The quantitative estimate of drug-likeness (QED) is 0.817. The predicted molar refractivity (Wildman–Crippen MR) is 95.0 cm³/mol. The van der Waals surface area contributed by atoms with Crippen molar-refractivity contribution >= 4 is 11.8 Å². The van der Waals surface area contributed by atoms with Crippen molar-refractivity contribution in [3.05, 3.63) is 41.1 Å². The van der Waals surface area contributed by atoms with Gasteiger partial charge in [-0.15, -0.1) is 0 Å². The van der Waals surface area contributed by atoms with Crippen LogP contribution in [0.15, 0.2) is 24.3 Å². The Morgan fingerprint density at radius 2 is 1.91 bits per heavy atom.